The normalized spacial score (nSPS) is 17.7. The molecule has 4 rings (SSSR count). The number of hydrogen-bond acceptors (Lipinski definition) is 6. The molecule has 1 amide bonds. The lowest BCUT2D eigenvalue weighted by molar-refractivity contribution is -0.143. The van der Waals surface area contributed by atoms with Crippen molar-refractivity contribution in [2.24, 2.45) is 0 Å². The van der Waals surface area contributed by atoms with Gasteiger partial charge < -0.3 is 19.3 Å². The Hall–Kier alpha value is -3.06. The molecule has 7 heteroatoms. The van der Waals surface area contributed by atoms with Gasteiger partial charge in [0, 0.05) is 45.0 Å². The number of rotatable bonds is 7. The van der Waals surface area contributed by atoms with E-state index in [1.54, 1.807) is 0 Å². The number of piperazine rings is 1. The van der Waals surface area contributed by atoms with Gasteiger partial charge in [-0.05, 0) is 55.5 Å². The third-order valence-electron chi connectivity index (χ3n) is 7.01. The SMILES string of the molecule is CC.CCOC(=O)CCN1CCN(c2ccc3c(c2)[C@H](C)N(C(=O)OCc2ccccc2)CCC3)CC1. The highest BCUT2D eigenvalue weighted by Gasteiger charge is 2.28. The van der Waals surface area contributed by atoms with E-state index in [1.165, 1.54) is 16.8 Å². The summed E-state index contributed by atoms with van der Waals surface area (Å²) in [4.78, 5) is 31.2. The van der Waals surface area contributed by atoms with Crippen molar-refractivity contribution < 1.29 is 19.1 Å². The Bertz CT molecular complexity index is 990. The fraction of sp³-hybridized carbons (Fsp3) is 0.533. The summed E-state index contributed by atoms with van der Waals surface area (Å²) in [5, 5.41) is 0. The molecule has 0 saturated carbocycles. The highest BCUT2D eigenvalue weighted by molar-refractivity contribution is 5.69. The van der Waals surface area contributed by atoms with E-state index < -0.39 is 0 Å². The van der Waals surface area contributed by atoms with Crippen molar-refractivity contribution in [1.29, 1.82) is 0 Å². The Kier molecular flexibility index (Phi) is 11.3. The van der Waals surface area contributed by atoms with Crippen LogP contribution in [-0.2, 0) is 27.3 Å². The number of carbonyl (C=O) groups is 2. The maximum atomic E-state index is 13.0. The van der Waals surface area contributed by atoms with Crippen LogP contribution in [0.1, 0.15) is 63.3 Å². The van der Waals surface area contributed by atoms with E-state index in [0.29, 0.717) is 19.6 Å². The van der Waals surface area contributed by atoms with Crippen LogP contribution in [0.15, 0.2) is 48.5 Å². The largest absolute Gasteiger partial charge is 0.466 e. The van der Waals surface area contributed by atoms with Crippen molar-refractivity contribution in [3.8, 4) is 0 Å². The highest BCUT2D eigenvalue weighted by atomic mass is 16.6. The summed E-state index contributed by atoms with van der Waals surface area (Å²) in [5.74, 6) is -0.124. The van der Waals surface area contributed by atoms with E-state index in [9.17, 15) is 9.59 Å². The predicted molar refractivity (Wildman–Crippen MR) is 148 cm³/mol. The summed E-state index contributed by atoms with van der Waals surface area (Å²) in [6.07, 6.45) is 2.08. The summed E-state index contributed by atoms with van der Waals surface area (Å²) in [6.45, 7) is 13.8. The Balaban J connectivity index is 0.00000186. The molecule has 2 heterocycles. The second-order valence-corrected chi connectivity index (χ2v) is 9.28. The van der Waals surface area contributed by atoms with Crippen molar-refractivity contribution >= 4 is 17.7 Å². The summed E-state index contributed by atoms with van der Waals surface area (Å²) in [5.41, 5.74) is 4.71. The predicted octanol–water partition coefficient (Wildman–Crippen LogP) is 5.43. The van der Waals surface area contributed by atoms with E-state index in [2.05, 4.69) is 34.9 Å². The molecule has 37 heavy (non-hydrogen) atoms. The molecular formula is C30H43N3O4. The minimum absolute atomic E-state index is 0.0402. The maximum Gasteiger partial charge on any atom is 0.410 e. The number of benzene rings is 2. The third-order valence-corrected chi connectivity index (χ3v) is 7.01. The second-order valence-electron chi connectivity index (χ2n) is 9.28. The van der Waals surface area contributed by atoms with E-state index in [0.717, 1.165) is 51.1 Å². The van der Waals surface area contributed by atoms with E-state index in [1.807, 2.05) is 56.0 Å². The molecule has 0 spiro atoms. The zero-order chi connectivity index (χ0) is 26.6. The number of anilines is 1. The van der Waals surface area contributed by atoms with Gasteiger partial charge in [0.1, 0.15) is 6.61 Å². The fourth-order valence-electron chi connectivity index (χ4n) is 4.96. The fourth-order valence-corrected chi connectivity index (χ4v) is 4.96. The van der Waals surface area contributed by atoms with Gasteiger partial charge in [-0.3, -0.25) is 9.69 Å². The van der Waals surface area contributed by atoms with Gasteiger partial charge >= 0.3 is 12.1 Å². The summed E-state index contributed by atoms with van der Waals surface area (Å²) in [7, 11) is 0. The van der Waals surface area contributed by atoms with Crippen molar-refractivity contribution in [3.05, 3.63) is 65.2 Å². The van der Waals surface area contributed by atoms with Crippen LogP contribution in [0.25, 0.3) is 0 Å². The molecule has 0 N–H and O–H groups in total. The molecule has 202 valence electrons. The first-order valence-corrected chi connectivity index (χ1v) is 13.8. The molecule has 2 aromatic rings. The first kappa shape index (κ1) is 28.5. The molecule has 0 radical (unpaired) electrons. The number of ether oxygens (including phenoxy) is 2. The first-order valence-electron chi connectivity index (χ1n) is 13.8. The van der Waals surface area contributed by atoms with Gasteiger partial charge in [-0.15, -0.1) is 0 Å². The van der Waals surface area contributed by atoms with Gasteiger partial charge in [-0.1, -0.05) is 50.2 Å². The number of fused-ring (bicyclic) bond motifs is 1. The van der Waals surface area contributed by atoms with E-state index in [-0.39, 0.29) is 24.7 Å². The molecule has 0 aromatic heterocycles. The summed E-state index contributed by atoms with van der Waals surface area (Å²) < 4.78 is 10.7. The van der Waals surface area contributed by atoms with Crippen LogP contribution in [-0.4, -0.2) is 67.7 Å². The monoisotopic (exact) mass is 509 g/mol. The molecule has 2 aliphatic rings. The van der Waals surface area contributed by atoms with Gasteiger partial charge in [0.25, 0.3) is 0 Å². The number of aryl methyl sites for hydroxylation is 1. The van der Waals surface area contributed by atoms with Gasteiger partial charge in [0.2, 0.25) is 0 Å². The number of hydrogen-bond donors (Lipinski definition) is 0. The third kappa shape index (κ3) is 7.96. The van der Waals surface area contributed by atoms with Gasteiger partial charge in [0.05, 0.1) is 19.1 Å². The molecule has 1 saturated heterocycles. The number of amides is 1. The molecule has 2 aromatic carbocycles. The van der Waals surface area contributed by atoms with Crippen molar-refractivity contribution in [2.75, 3.05) is 50.8 Å². The van der Waals surface area contributed by atoms with Crippen LogP contribution < -0.4 is 4.90 Å². The zero-order valence-corrected chi connectivity index (χ0v) is 22.9. The topological polar surface area (TPSA) is 62.3 Å². The first-order chi connectivity index (χ1) is 18.0. The van der Waals surface area contributed by atoms with Crippen LogP contribution in [0.5, 0.6) is 0 Å². The standard InChI is InChI=1S/C28H37N3O4.C2H6/c1-3-34-27(32)13-15-29-16-18-30(19-17-29)25-12-11-24-10-7-14-31(22(2)26(24)20-25)28(33)35-21-23-8-5-4-6-9-23;1-2/h4-6,8-9,11-12,20,22H,3,7,10,13-19,21H2,1-2H3;1-2H3/t22-;/m0./s1. The number of esters is 1. The highest BCUT2D eigenvalue weighted by Crippen LogP contribution is 2.32. The van der Waals surface area contributed by atoms with Crippen LogP contribution in [0.2, 0.25) is 0 Å². The average Bonchev–Trinajstić information content (AvgIpc) is 3.11. The Labute approximate surface area is 222 Å². The summed E-state index contributed by atoms with van der Waals surface area (Å²) in [6, 6.07) is 16.5. The quantitative estimate of drug-likeness (QED) is 0.464. The molecular weight excluding hydrogens is 466 g/mol. The lowest BCUT2D eigenvalue weighted by Gasteiger charge is -2.36. The molecule has 0 aliphatic carbocycles. The smallest absolute Gasteiger partial charge is 0.410 e. The van der Waals surface area contributed by atoms with Gasteiger partial charge in [0.15, 0.2) is 0 Å². The van der Waals surface area contributed by atoms with Crippen LogP contribution in [0, 0.1) is 0 Å². The van der Waals surface area contributed by atoms with E-state index >= 15 is 0 Å². The maximum absolute atomic E-state index is 13.0. The Morgan fingerprint density at radius 2 is 1.68 bits per heavy atom. The molecule has 7 nitrogen and oxygen atoms in total. The Morgan fingerprint density at radius 1 is 0.946 bits per heavy atom. The van der Waals surface area contributed by atoms with Crippen molar-refractivity contribution in [2.45, 2.75) is 59.6 Å². The molecule has 0 bridgehead atoms. The second kappa shape index (κ2) is 14.6. The van der Waals surface area contributed by atoms with Gasteiger partial charge in [-0.25, -0.2) is 4.79 Å². The van der Waals surface area contributed by atoms with Crippen LogP contribution in [0.3, 0.4) is 0 Å². The molecule has 1 fully saturated rings. The minimum atomic E-state index is -0.255. The molecule has 1 atom stereocenters. The van der Waals surface area contributed by atoms with Crippen LogP contribution >= 0.6 is 0 Å². The number of nitrogens with zero attached hydrogens (tertiary/aromatic N) is 3. The lowest BCUT2D eigenvalue weighted by atomic mass is 9.98. The van der Waals surface area contributed by atoms with Gasteiger partial charge in [-0.2, -0.15) is 0 Å². The lowest BCUT2D eigenvalue weighted by Crippen LogP contribution is -2.47. The average molecular weight is 510 g/mol. The molecule has 0 unspecified atom stereocenters. The number of carbonyl (C=O) groups excluding carboxylic acids is 2. The van der Waals surface area contributed by atoms with E-state index in [4.69, 9.17) is 9.47 Å². The zero-order valence-electron chi connectivity index (χ0n) is 22.9. The minimum Gasteiger partial charge on any atom is -0.466 e. The Morgan fingerprint density at radius 3 is 2.38 bits per heavy atom. The van der Waals surface area contributed by atoms with Crippen LogP contribution in [0.4, 0.5) is 10.5 Å². The van der Waals surface area contributed by atoms with Crippen molar-refractivity contribution in [3.63, 3.8) is 0 Å². The molecule has 2 aliphatic heterocycles. The van der Waals surface area contributed by atoms with Crippen molar-refractivity contribution in [1.82, 2.24) is 9.80 Å². The summed E-state index contributed by atoms with van der Waals surface area (Å²) >= 11 is 0.